The number of nitrogens with one attached hydrogen (secondary N) is 1. The van der Waals surface area contributed by atoms with Gasteiger partial charge >= 0.3 is 0 Å². The zero-order valence-electron chi connectivity index (χ0n) is 7.39. The van der Waals surface area contributed by atoms with E-state index in [1.165, 1.54) is 6.42 Å². The molecule has 0 aromatic carbocycles. The average Bonchev–Trinajstić information content (AvgIpc) is 1.97. The summed E-state index contributed by atoms with van der Waals surface area (Å²) in [6, 6.07) is 0. The molecule has 11 heavy (non-hydrogen) atoms. The van der Waals surface area contributed by atoms with E-state index in [2.05, 4.69) is 19.2 Å². The summed E-state index contributed by atoms with van der Waals surface area (Å²) in [6.07, 6.45) is 1.61. The molecule has 0 bridgehead atoms. The fraction of sp³-hybridized carbons (Fsp3) is 0.875. The van der Waals surface area contributed by atoms with Gasteiger partial charge in [-0.15, -0.1) is 0 Å². The van der Waals surface area contributed by atoms with Gasteiger partial charge in [0.1, 0.15) is 0 Å². The van der Waals surface area contributed by atoms with Gasteiger partial charge in [-0.3, -0.25) is 4.79 Å². The molecule has 0 radical (unpaired) electrons. The van der Waals surface area contributed by atoms with Crippen LogP contribution in [0.5, 0.6) is 0 Å². The molecule has 0 aromatic rings. The lowest BCUT2D eigenvalue weighted by molar-refractivity contribution is -0.117. The van der Waals surface area contributed by atoms with Crippen molar-refractivity contribution in [2.45, 2.75) is 26.7 Å². The lowest BCUT2D eigenvalue weighted by Gasteiger charge is -2.08. The smallest absolute Gasteiger partial charge is 0.218 e. The van der Waals surface area contributed by atoms with Crippen LogP contribution in [0, 0.1) is 5.92 Å². The molecule has 3 heteroatoms. The molecule has 0 rings (SSSR count). The maximum Gasteiger partial charge on any atom is 0.218 e. The van der Waals surface area contributed by atoms with E-state index in [0.717, 1.165) is 6.54 Å². The van der Waals surface area contributed by atoms with E-state index >= 15 is 0 Å². The highest BCUT2D eigenvalue weighted by Gasteiger charge is 1.97. The number of carbonyl (C=O) groups is 1. The standard InChI is InChI=1S/C8H18N2O/c1-3-7(2)6-10-5-4-8(9)11/h7,10H,3-6H2,1-2H3,(H2,9,11). The minimum absolute atomic E-state index is 0.235. The van der Waals surface area contributed by atoms with Crippen LogP contribution in [0.15, 0.2) is 0 Å². The summed E-state index contributed by atoms with van der Waals surface area (Å²) >= 11 is 0. The predicted molar refractivity (Wildman–Crippen MR) is 46.1 cm³/mol. The van der Waals surface area contributed by atoms with E-state index in [4.69, 9.17) is 5.73 Å². The van der Waals surface area contributed by atoms with Crippen molar-refractivity contribution < 1.29 is 4.79 Å². The first kappa shape index (κ1) is 10.4. The Labute approximate surface area is 68.3 Å². The molecule has 0 saturated heterocycles. The quantitative estimate of drug-likeness (QED) is 0.553. The maximum atomic E-state index is 10.3. The van der Waals surface area contributed by atoms with Gasteiger partial charge in [0.05, 0.1) is 0 Å². The zero-order valence-corrected chi connectivity index (χ0v) is 7.39. The number of hydrogen-bond donors (Lipinski definition) is 2. The normalized spacial score (nSPS) is 12.9. The van der Waals surface area contributed by atoms with Crippen LogP contribution in [-0.2, 0) is 4.79 Å². The Morgan fingerprint density at radius 3 is 2.73 bits per heavy atom. The van der Waals surface area contributed by atoms with Crippen molar-refractivity contribution in [2.24, 2.45) is 11.7 Å². The molecule has 0 aliphatic rings. The molecule has 0 aliphatic heterocycles. The number of primary amides is 1. The Hall–Kier alpha value is -0.570. The third kappa shape index (κ3) is 7.33. The lowest BCUT2D eigenvalue weighted by atomic mass is 10.1. The highest BCUT2D eigenvalue weighted by molar-refractivity contribution is 5.73. The number of hydrogen-bond acceptors (Lipinski definition) is 2. The molecule has 66 valence electrons. The van der Waals surface area contributed by atoms with Crippen molar-refractivity contribution >= 4 is 5.91 Å². The molecular weight excluding hydrogens is 140 g/mol. The fourth-order valence-corrected chi connectivity index (χ4v) is 0.704. The Morgan fingerprint density at radius 2 is 2.27 bits per heavy atom. The molecule has 1 atom stereocenters. The SMILES string of the molecule is CCC(C)CNCCC(N)=O. The van der Waals surface area contributed by atoms with Gasteiger partial charge in [-0.25, -0.2) is 0 Å². The summed E-state index contributed by atoms with van der Waals surface area (Å²) in [5.41, 5.74) is 4.96. The Bertz CT molecular complexity index is 115. The van der Waals surface area contributed by atoms with Crippen LogP contribution in [0.2, 0.25) is 0 Å². The first-order chi connectivity index (χ1) is 5.16. The number of amides is 1. The molecule has 3 nitrogen and oxygen atoms in total. The molecule has 0 spiro atoms. The second kappa shape index (κ2) is 6.16. The minimum Gasteiger partial charge on any atom is -0.370 e. The topological polar surface area (TPSA) is 55.1 Å². The molecule has 0 saturated carbocycles. The number of rotatable bonds is 6. The summed E-state index contributed by atoms with van der Waals surface area (Å²) in [5, 5.41) is 3.17. The summed E-state index contributed by atoms with van der Waals surface area (Å²) < 4.78 is 0. The van der Waals surface area contributed by atoms with Crippen molar-refractivity contribution in [3.8, 4) is 0 Å². The Morgan fingerprint density at radius 1 is 1.64 bits per heavy atom. The summed E-state index contributed by atoms with van der Waals surface area (Å²) in [7, 11) is 0. The zero-order chi connectivity index (χ0) is 8.69. The van der Waals surface area contributed by atoms with Gasteiger partial charge in [-0.1, -0.05) is 20.3 Å². The van der Waals surface area contributed by atoms with Crippen molar-refractivity contribution in [3.63, 3.8) is 0 Å². The van der Waals surface area contributed by atoms with Crippen molar-refractivity contribution in [2.75, 3.05) is 13.1 Å². The van der Waals surface area contributed by atoms with E-state index in [1.54, 1.807) is 0 Å². The maximum absolute atomic E-state index is 10.3. The summed E-state index contributed by atoms with van der Waals surface area (Å²) in [5.74, 6) is 0.449. The minimum atomic E-state index is -0.235. The van der Waals surface area contributed by atoms with Gasteiger partial charge in [0.2, 0.25) is 5.91 Å². The average molecular weight is 158 g/mol. The van der Waals surface area contributed by atoms with Crippen molar-refractivity contribution in [1.82, 2.24) is 5.32 Å². The van der Waals surface area contributed by atoms with Crippen molar-refractivity contribution in [1.29, 1.82) is 0 Å². The molecule has 3 N–H and O–H groups in total. The van der Waals surface area contributed by atoms with Gasteiger partial charge in [0.25, 0.3) is 0 Å². The second-order valence-corrected chi connectivity index (χ2v) is 2.93. The predicted octanol–water partition coefficient (Wildman–Crippen LogP) is 0.497. The molecule has 0 aliphatic carbocycles. The number of carbonyl (C=O) groups excluding carboxylic acids is 1. The van der Waals surface area contributed by atoms with Gasteiger partial charge in [-0.05, 0) is 12.5 Å². The Kier molecular flexibility index (Phi) is 5.84. The first-order valence-electron chi connectivity index (χ1n) is 4.15. The lowest BCUT2D eigenvalue weighted by Crippen LogP contribution is -2.25. The van der Waals surface area contributed by atoms with Crippen LogP contribution < -0.4 is 11.1 Å². The van der Waals surface area contributed by atoms with Crippen LogP contribution in [-0.4, -0.2) is 19.0 Å². The fourth-order valence-electron chi connectivity index (χ4n) is 0.704. The van der Waals surface area contributed by atoms with Crippen LogP contribution in [0.25, 0.3) is 0 Å². The Balaban J connectivity index is 3.08. The highest BCUT2D eigenvalue weighted by atomic mass is 16.1. The molecule has 0 fully saturated rings. The van der Waals surface area contributed by atoms with E-state index < -0.39 is 0 Å². The molecule has 0 aromatic heterocycles. The third-order valence-corrected chi connectivity index (χ3v) is 1.74. The third-order valence-electron chi connectivity index (χ3n) is 1.74. The van der Waals surface area contributed by atoms with Gasteiger partial charge in [0.15, 0.2) is 0 Å². The van der Waals surface area contributed by atoms with Gasteiger partial charge in [0, 0.05) is 13.0 Å². The number of nitrogens with two attached hydrogens (primary N) is 1. The largest absolute Gasteiger partial charge is 0.370 e. The first-order valence-corrected chi connectivity index (χ1v) is 4.15. The van der Waals surface area contributed by atoms with Crippen LogP contribution in [0.1, 0.15) is 26.7 Å². The molecule has 1 amide bonds. The highest BCUT2D eigenvalue weighted by Crippen LogP contribution is 1.96. The second-order valence-electron chi connectivity index (χ2n) is 2.93. The van der Waals surface area contributed by atoms with E-state index in [1.807, 2.05) is 0 Å². The van der Waals surface area contributed by atoms with E-state index in [9.17, 15) is 4.79 Å². The summed E-state index contributed by atoms with van der Waals surface area (Å²) in [4.78, 5) is 10.3. The van der Waals surface area contributed by atoms with Crippen LogP contribution in [0.4, 0.5) is 0 Å². The van der Waals surface area contributed by atoms with Crippen molar-refractivity contribution in [3.05, 3.63) is 0 Å². The van der Waals surface area contributed by atoms with Crippen LogP contribution in [0.3, 0.4) is 0 Å². The molecular formula is C8H18N2O. The van der Waals surface area contributed by atoms with Gasteiger partial charge < -0.3 is 11.1 Å². The van der Waals surface area contributed by atoms with E-state index in [0.29, 0.717) is 18.9 Å². The van der Waals surface area contributed by atoms with Crippen LogP contribution >= 0.6 is 0 Å². The summed E-state index contributed by atoms with van der Waals surface area (Å²) in [6.45, 7) is 6.02. The van der Waals surface area contributed by atoms with Gasteiger partial charge in [-0.2, -0.15) is 0 Å². The van der Waals surface area contributed by atoms with E-state index in [-0.39, 0.29) is 5.91 Å². The monoisotopic (exact) mass is 158 g/mol. The molecule has 0 heterocycles. The molecule has 1 unspecified atom stereocenters.